The lowest BCUT2D eigenvalue weighted by atomic mass is 9.73. The van der Waals surface area contributed by atoms with Crippen molar-refractivity contribution in [2.24, 2.45) is 11.3 Å². The fourth-order valence-electron chi connectivity index (χ4n) is 2.85. The molecule has 0 aliphatic carbocycles. The van der Waals surface area contributed by atoms with Gasteiger partial charge >= 0.3 is 0 Å². The number of aromatic nitrogens is 1. The smallest absolute Gasteiger partial charge is 0.228 e. The van der Waals surface area contributed by atoms with Crippen molar-refractivity contribution in [2.45, 2.75) is 20.3 Å². The molecule has 2 aromatic rings. The van der Waals surface area contributed by atoms with Crippen molar-refractivity contribution in [3.8, 4) is 11.8 Å². The highest BCUT2D eigenvalue weighted by molar-refractivity contribution is 5.93. The average molecular weight is 322 g/mol. The molecule has 3 rings (SSSR count). The summed E-state index contributed by atoms with van der Waals surface area (Å²) in [6.07, 6.45) is 2.09. The van der Waals surface area contributed by atoms with E-state index in [1.54, 1.807) is 23.2 Å². The number of benzene rings is 1. The van der Waals surface area contributed by atoms with Crippen molar-refractivity contribution in [3.63, 3.8) is 0 Å². The zero-order valence-corrected chi connectivity index (χ0v) is 13.8. The quantitative estimate of drug-likeness (QED) is 0.751. The minimum Gasteiger partial charge on any atom is -0.296 e. The number of anilines is 1. The standard InChI is InChI=1S/C20H19FN2O/c1-20(2)13-19(24)23(18-8-3-4-11-22-18)14-16(20)10-9-15-6-5-7-17(21)12-15/h3-8,11-12,16H,13-14H2,1-2H3. The molecule has 2 heterocycles. The van der Waals surface area contributed by atoms with Crippen LogP contribution in [0.5, 0.6) is 0 Å². The van der Waals surface area contributed by atoms with Crippen LogP contribution in [0.25, 0.3) is 0 Å². The van der Waals surface area contributed by atoms with E-state index in [0.29, 0.717) is 24.3 Å². The summed E-state index contributed by atoms with van der Waals surface area (Å²) < 4.78 is 13.3. The van der Waals surface area contributed by atoms with Gasteiger partial charge in [0.2, 0.25) is 5.91 Å². The van der Waals surface area contributed by atoms with Crippen molar-refractivity contribution in [2.75, 3.05) is 11.4 Å². The molecule has 1 aliphatic heterocycles. The number of piperidine rings is 1. The van der Waals surface area contributed by atoms with Crippen LogP contribution in [0.2, 0.25) is 0 Å². The van der Waals surface area contributed by atoms with Crippen LogP contribution in [0.4, 0.5) is 10.2 Å². The van der Waals surface area contributed by atoms with Gasteiger partial charge in [-0.15, -0.1) is 0 Å². The summed E-state index contributed by atoms with van der Waals surface area (Å²) >= 11 is 0. The monoisotopic (exact) mass is 322 g/mol. The van der Waals surface area contributed by atoms with Crippen LogP contribution in [-0.2, 0) is 4.79 Å². The van der Waals surface area contributed by atoms with Gasteiger partial charge in [0.05, 0.1) is 0 Å². The van der Waals surface area contributed by atoms with Gasteiger partial charge in [0.15, 0.2) is 0 Å². The Hall–Kier alpha value is -2.67. The second-order valence-electron chi connectivity index (χ2n) is 6.69. The maximum absolute atomic E-state index is 13.3. The largest absolute Gasteiger partial charge is 0.296 e. The number of hydrogen-bond acceptors (Lipinski definition) is 2. The maximum atomic E-state index is 13.3. The first-order chi connectivity index (χ1) is 11.5. The second kappa shape index (κ2) is 6.45. The van der Waals surface area contributed by atoms with Crippen molar-refractivity contribution < 1.29 is 9.18 Å². The first kappa shape index (κ1) is 16.2. The fourth-order valence-corrected chi connectivity index (χ4v) is 2.85. The third-order valence-electron chi connectivity index (χ3n) is 4.36. The van der Waals surface area contributed by atoms with Crippen molar-refractivity contribution in [1.29, 1.82) is 0 Å². The highest BCUT2D eigenvalue weighted by atomic mass is 19.1. The molecule has 1 aromatic heterocycles. The molecule has 0 bridgehead atoms. The summed E-state index contributed by atoms with van der Waals surface area (Å²) in [5.74, 6) is 6.68. The molecule has 0 radical (unpaired) electrons. The van der Waals surface area contributed by atoms with Crippen LogP contribution in [0, 0.1) is 29.0 Å². The molecule has 1 aliphatic rings. The molecule has 1 unspecified atom stereocenters. The van der Waals surface area contributed by atoms with Crippen molar-refractivity contribution >= 4 is 11.7 Å². The molecular formula is C20H19FN2O. The van der Waals surface area contributed by atoms with E-state index in [9.17, 15) is 9.18 Å². The lowest BCUT2D eigenvalue weighted by Gasteiger charge is -2.40. The molecule has 4 heteroatoms. The Kier molecular flexibility index (Phi) is 4.35. The summed E-state index contributed by atoms with van der Waals surface area (Å²) in [4.78, 5) is 18.4. The molecule has 0 spiro atoms. The van der Waals surface area contributed by atoms with Crippen molar-refractivity contribution in [3.05, 3.63) is 60.0 Å². The zero-order valence-electron chi connectivity index (χ0n) is 13.8. The Balaban J connectivity index is 1.87. The number of rotatable bonds is 1. The number of amides is 1. The van der Waals surface area contributed by atoms with Crippen LogP contribution < -0.4 is 4.90 Å². The van der Waals surface area contributed by atoms with Gasteiger partial charge in [0, 0.05) is 30.6 Å². The Morgan fingerprint density at radius 1 is 1.25 bits per heavy atom. The SMILES string of the molecule is CC1(C)CC(=O)N(c2ccccn2)CC1C#Cc1cccc(F)c1. The fraction of sp³-hybridized carbons (Fsp3) is 0.300. The molecule has 1 amide bonds. The Morgan fingerprint density at radius 3 is 2.79 bits per heavy atom. The highest BCUT2D eigenvalue weighted by Crippen LogP contribution is 2.37. The molecule has 24 heavy (non-hydrogen) atoms. The molecule has 122 valence electrons. The second-order valence-corrected chi connectivity index (χ2v) is 6.69. The van der Waals surface area contributed by atoms with E-state index in [1.165, 1.54) is 12.1 Å². The van der Waals surface area contributed by atoms with Gasteiger partial charge in [-0.1, -0.05) is 37.8 Å². The maximum Gasteiger partial charge on any atom is 0.228 e. The van der Waals surface area contributed by atoms with Gasteiger partial charge < -0.3 is 0 Å². The van der Waals surface area contributed by atoms with E-state index >= 15 is 0 Å². The summed E-state index contributed by atoms with van der Waals surface area (Å²) in [6.45, 7) is 4.59. The predicted octanol–water partition coefficient (Wildman–Crippen LogP) is 3.65. The van der Waals surface area contributed by atoms with Gasteiger partial charge in [0.25, 0.3) is 0 Å². The van der Waals surface area contributed by atoms with Crippen LogP contribution >= 0.6 is 0 Å². The summed E-state index contributed by atoms with van der Waals surface area (Å²) in [6, 6.07) is 11.8. The lowest BCUT2D eigenvalue weighted by Crippen LogP contribution is -2.48. The number of halogens is 1. The molecule has 0 N–H and O–H groups in total. The van der Waals surface area contributed by atoms with Crippen molar-refractivity contribution in [1.82, 2.24) is 4.98 Å². The van der Waals surface area contributed by atoms with Crippen LogP contribution in [0.15, 0.2) is 48.7 Å². The van der Waals surface area contributed by atoms with Gasteiger partial charge in [-0.25, -0.2) is 9.37 Å². The third-order valence-corrected chi connectivity index (χ3v) is 4.36. The topological polar surface area (TPSA) is 33.2 Å². The summed E-state index contributed by atoms with van der Waals surface area (Å²) in [5.41, 5.74) is 0.412. The summed E-state index contributed by atoms with van der Waals surface area (Å²) in [5, 5.41) is 0. The average Bonchev–Trinajstić information content (AvgIpc) is 2.54. The third kappa shape index (κ3) is 3.46. The molecular weight excluding hydrogens is 303 g/mol. The van der Waals surface area contributed by atoms with Gasteiger partial charge in [-0.3, -0.25) is 9.69 Å². The normalized spacial score (nSPS) is 19.5. The van der Waals surface area contributed by atoms with Gasteiger partial charge in [0.1, 0.15) is 11.6 Å². The predicted molar refractivity (Wildman–Crippen MR) is 91.8 cm³/mol. The minimum atomic E-state index is -0.296. The highest BCUT2D eigenvalue weighted by Gasteiger charge is 2.40. The van der Waals surface area contributed by atoms with E-state index in [1.807, 2.05) is 32.0 Å². The molecule has 1 fully saturated rings. The van der Waals surface area contributed by atoms with E-state index in [2.05, 4.69) is 16.8 Å². The number of carbonyl (C=O) groups excluding carboxylic acids is 1. The number of hydrogen-bond donors (Lipinski definition) is 0. The molecule has 0 saturated carbocycles. The van der Waals surface area contributed by atoms with Gasteiger partial charge in [-0.2, -0.15) is 0 Å². The van der Waals surface area contributed by atoms with E-state index in [-0.39, 0.29) is 23.1 Å². The van der Waals surface area contributed by atoms with E-state index in [0.717, 1.165) is 0 Å². The van der Waals surface area contributed by atoms with E-state index in [4.69, 9.17) is 0 Å². The molecule has 1 aromatic carbocycles. The Bertz CT molecular complexity index is 805. The molecule has 3 nitrogen and oxygen atoms in total. The first-order valence-corrected chi connectivity index (χ1v) is 7.94. The minimum absolute atomic E-state index is 0.0135. The molecule has 1 atom stereocenters. The number of pyridine rings is 1. The summed E-state index contributed by atoms with van der Waals surface area (Å²) in [7, 11) is 0. The Labute approximate surface area is 141 Å². The number of carbonyl (C=O) groups is 1. The molecule has 1 saturated heterocycles. The van der Waals surface area contributed by atoms with Crippen LogP contribution in [0.1, 0.15) is 25.8 Å². The lowest BCUT2D eigenvalue weighted by molar-refractivity contribution is -0.123. The zero-order chi connectivity index (χ0) is 17.2. The van der Waals surface area contributed by atoms with Gasteiger partial charge in [-0.05, 0) is 35.7 Å². The van der Waals surface area contributed by atoms with Crippen LogP contribution in [0.3, 0.4) is 0 Å². The Morgan fingerprint density at radius 2 is 2.08 bits per heavy atom. The van der Waals surface area contributed by atoms with Crippen LogP contribution in [-0.4, -0.2) is 17.4 Å². The first-order valence-electron chi connectivity index (χ1n) is 7.94. The van der Waals surface area contributed by atoms with E-state index < -0.39 is 0 Å². The number of nitrogens with zero attached hydrogens (tertiary/aromatic N) is 2.